The Morgan fingerprint density at radius 1 is 0.964 bits per heavy atom. The van der Waals surface area contributed by atoms with E-state index in [2.05, 4.69) is 33.2 Å². The minimum atomic E-state index is -0.808. The summed E-state index contributed by atoms with van der Waals surface area (Å²) in [4.78, 5) is 36.0. The van der Waals surface area contributed by atoms with Crippen LogP contribution in [0.25, 0.3) is 0 Å². The summed E-state index contributed by atoms with van der Waals surface area (Å²) in [5, 5.41) is 5.49. The average Bonchev–Trinajstić information content (AvgIpc) is 2.66. The lowest BCUT2D eigenvalue weighted by atomic mass is 10.1. The van der Waals surface area contributed by atoms with Crippen molar-refractivity contribution in [3.05, 3.63) is 69.3 Å². The Balaban J connectivity index is 1.82. The van der Waals surface area contributed by atoms with Crippen molar-refractivity contribution in [3.63, 3.8) is 0 Å². The van der Waals surface area contributed by atoms with Crippen LogP contribution in [0.1, 0.15) is 36.9 Å². The van der Waals surface area contributed by atoms with Gasteiger partial charge in [0, 0.05) is 22.8 Å². The van der Waals surface area contributed by atoms with Crippen LogP contribution in [0, 0.1) is 3.57 Å². The Hall–Kier alpha value is -2.42. The minimum absolute atomic E-state index is 0.0105. The third-order valence-corrected chi connectivity index (χ3v) is 4.93. The molecule has 0 heterocycles. The number of nitrogens with two attached hydrogens (primary N) is 1. The van der Waals surface area contributed by atoms with Gasteiger partial charge in [-0.25, -0.2) is 0 Å². The Kier molecular flexibility index (Phi) is 8.43. The van der Waals surface area contributed by atoms with E-state index in [0.717, 1.165) is 14.7 Å². The molecule has 3 amide bonds. The van der Waals surface area contributed by atoms with Crippen LogP contribution in [0.2, 0.25) is 0 Å². The van der Waals surface area contributed by atoms with Crippen molar-refractivity contribution in [2.45, 2.75) is 38.3 Å². The molecule has 2 rings (SSSR count). The van der Waals surface area contributed by atoms with E-state index >= 15 is 0 Å². The molecule has 0 unspecified atom stereocenters. The normalized spacial score (nSPS) is 12.6. The van der Waals surface area contributed by atoms with Gasteiger partial charge in [-0.3, -0.25) is 14.4 Å². The number of amides is 3. The maximum Gasteiger partial charge on any atom is 0.240 e. The van der Waals surface area contributed by atoms with Crippen LogP contribution in [0.15, 0.2) is 54.6 Å². The molecule has 0 aliphatic heterocycles. The van der Waals surface area contributed by atoms with Gasteiger partial charge in [-0.05, 0) is 52.8 Å². The van der Waals surface area contributed by atoms with Gasteiger partial charge in [-0.1, -0.05) is 42.5 Å². The predicted molar refractivity (Wildman–Crippen MR) is 116 cm³/mol. The lowest BCUT2D eigenvalue weighted by Gasteiger charge is -2.17. The van der Waals surface area contributed by atoms with Crippen LogP contribution >= 0.6 is 22.6 Å². The van der Waals surface area contributed by atoms with E-state index in [4.69, 9.17) is 5.73 Å². The lowest BCUT2D eigenvalue weighted by Crippen LogP contribution is -2.46. The molecule has 0 saturated carbocycles. The molecule has 7 heteroatoms. The van der Waals surface area contributed by atoms with E-state index in [1.807, 2.05) is 61.5 Å². The van der Waals surface area contributed by atoms with E-state index < -0.39 is 11.9 Å². The van der Waals surface area contributed by atoms with Gasteiger partial charge in [0.15, 0.2) is 0 Å². The van der Waals surface area contributed by atoms with E-state index in [1.54, 1.807) is 0 Å². The molecule has 0 spiro atoms. The number of nitrogens with one attached hydrogen (secondary N) is 2. The summed E-state index contributed by atoms with van der Waals surface area (Å²) in [6.45, 7) is 1.89. The second kappa shape index (κ2) is 10.8. The molecule has 6 nitrogen and oxygen atoms in total. The predicted octanol–water partition coefficient (Wildman–Crippen LogP) is 2.46. The fraction of sp³-hybridized carbons (Fsp3) is 0.286. The highest BCUT2D eigenvalue weighted by Crippen LogP contribution is 2.12. The van der Waals surface area contributed by atoms with Gasteiger partial charge >= 0.3 is 0 Å². The van der Waals surface area contributed by atoms with Gasteiger partial charge in [-0.15, -0.1) is 0 Å². The monoisotopic (exact) mass is 493 g/mol. The van der Waals surface area contributed by atoms with E-state index in [9.17, 15) is 14.4 Å². The first-order chi connectivity index (χ1) is 13.3. The maximum absolute atomic E-state index is 12.2. The molecule has 0 bridgehead atoms. The number of hydrogen-bond donors (Lipinski definition) is 3. The van der Waals surface area contributed by atoms with Gasteiger partial charge in [0.1, 0.15) is 6.04 Å². The number of hydrogen-bond acceptors (Lipinski definition) is 3. The largest absolute Gasteiger partial charge is 0.368 e. The molecule has 28 heavy (non-hydrogen) atoms. The smallest absolute Gasteiger partial charge is 0.240 e. The Morgan fingerprint density at radius 3 is 2.21 bits per heavy atom. The molecule has 4 N–H and O–H groups in total. The van der Waals surface area contributed by atoms with Gasteiger partial charge in [0.05, 0.1) is 6.04 Å². The number of carbonyl (C=O) groups excluding carboxylic acids is 3. The van der Waals surface area contributed by atoms with Crippen molar-refractivity contribution in [2.75, 3.05) is 0 Å². The summed E-state index contributed by atoms with van der Waals surface area (Å²) in [6.07, 6.45) is 0.344. The van der Waals surface area contributed by atoms with Gasteiger partial charge < -0.3 is 16.4 Å². The molecular weight excluding hydrogens is 469 g/mol. The highest BCUT2D eigenvalue weighted by atomic mass is 127. The molecule has 0 aliphatic rings. The fourth-order valence-corrected chi connectivity index (χ4v) is 3.36. The zero-order valence-corrected chi connectivity index (χ0v) is 17.8. The molecule has 0 aromatic heterocycles. The van der Waals surface area contributed by atoms with Crippen molar-refractivity contribution in [1.29, 1.82) is 0 Å². The second-order valence-corrected chi connectivity index (χ2v) is 7.80. The number of rotatable bonds is 9. The molecule has 148 valence electrons. The average molecular weight is 493 g/mol. The van der Waals surface area contributed by atoms with E-state index in [-0.39, 0.29) is 30.7 Å². The van der Waals surface area contributed by atoms with Crippen molar-refractivity contribution in [3.8, 4) is 0 Å². The summed E-state index contributed by atoms with van der Waals surface area (Å²) in [5.41, 5.74) is 7.32. The van der Waals surface area contributed by atoms with Gasteiger partial charge in [-0.2, -0.15) is 0 Å². The zero-order valence-electron chi connectivity index (χ0n) is 15.7. The summed E-state index contributed by atoms with van der Waals surface area (Å²) in [5.74, 6) is -1.20. The van der Waals surface area contributed by atoms with Crippen LogP contribution in [-0.4, -0.2) is 23.8 Å². The Labute approximate surface area is 178 Å². The Bertz CT molecular complexity index is 827. The lowest BCUT2D eigenvalue weighted by molar-refractivity contribution is -0.129. The van der Waals surface area contributed by atoms with Crippen molar-refractivity contribution in [1.82, 2.24) is 10.6 Å². The van der Waals surface area contributed by atoms with Crippen LogP contribution in [-0.2, 0) is 20.8 Å². The fourth-order valence-electron chi connectivity index (χ4n) is 2.75. The molecule has 2 aromatic carbocycles. The molecule has 2 atom stereocenters. The number of carbonyl (C=O) groups is 3. The van der Waals surface area contributed by atoms with Gasteiger partial charge in [0.2, 0.25) is 17.7 Å². The molecular formula is C21H24IN3O3. The summed E-state index contributed by atoms with van der Waals surface area (Å²) < 4.78 is 1.04. The van der Waals surface area contributed by atoms with Crippen molar-refractivity contribution < 1.29 is 14.4 Å². The SMILES string of the molecule is C[C@@H](NC(=O)CCC(=O)N[C@@H](Cc1cccc(I)c1)C(N)=O)c1ccccc1. The van der Waals surface area contributed by atoms with Crippen LogP contribution in [0.3, 0.4) is 0 Å². The zero-order chi connectivity index (χ0) is 20.5. The quantitative estimate of drug-likeness (QED) is 0.468. The standard InChI is InChI=1S/C21H24IN3O3/c1-14(16-7-3-2-4-8-16)24-19(26)10-11-20(27)25-18(21(23)28)13-15-6-5-9-17(22)12-15/h2-9,12,14,18H,10-11,13H2,1H3,(H2,23,28)(H,24,26)(H,25,27)/t14-,18+/m1/s1. The molecule has 0 aliphatic carbocycles. The minimum Gasteiger partial charge on any atom is -0.368 e. The summed E-state index contributed by atoms with van der Waals surface area (Å²) in [6, 6.07) is 16.3. The number of benzene rings is 2. The highest BCUT2D eigenvalue weighted by molar-refractivity contribution is 14.1. The number of primary amides is 1. The highest BCUT2D eigenvalue weighted by Gasteiger charge is 2.19. The van der Waals surface area contributed by atoms with E-state index in [1.165, 1.54) is 0 Å². The first-order valence-corrected chi connectivity index (χ1v) is 10.1. The third kappa shape index (κ3) is 7.30. The van der Waals surface area contributed by atoms with Crippen LogP contribution in [0.4, 0.5) is 0 Å². The van der Waals surface area contributed by atoms with E-state index in [0.29, 0.717) is 6.42 Å². The third-order valence-electron chi connectivity index (χ3n) is 4.26. The molecule has 2 aromatic rings. The van der Waals surface area contributed by atoms with Crippen LogP contribution < -0.4 is 16.4 Å². The first-order valence-electron chi connectivity index (χ1n) is 9.02. The molecule has 0 fully saturated rings. The molecule has 0 saturated heterocycles. The van der Waals surface area contributed by atoms with Crippen molar-refractivity contribution in [2.24, 2.45) is 5.73 Å². The van der Waals surface area contributed by atoms with Gasteiger partial charge in [0.25, 0.3) is 0 Å². The number of halogens is 1. The van der Waals surface area contributed by atoms with Crippen molar-refractivity contribution >= 4 is 40.3 Å². The Morgan fingerprint density at radius 2 is 1.61 bits per heavy atom. The molecule has 0 radical (unpaired) electrons. The van der Waals surface area contributed by atoms with Crippen LogP contribution in [0.5, 0.6) is 0 Å². The summed E-state index contributed by atoms with van der Waals surface area (Å²) in [7, 11) is 0. The second-order valence-electron chi connectivity index (χ2n) is 6.56. The summed E-state index contributed by atoms with van der Waals surface area (Å²) >= 11 is 2.18. The first kappa shape index (κ1) is 21.9. The topological polar surface area (TPSA) is 101 Å². The maximum atomic E-state index is 12.2.